The topological polar surface area (TPSA) is 4.93 Å². The number of hydrogen-bond acceptors (Lipinski definition) is 0. The SMILES string of the molecule is Fc1cc(-n2ccc3ccccc32)ccc1Br. The summed E-state index contributed by atoms with van der Waals surface area (Å²) in [7, 11) is 0. The first-order valence-corrected chi connectivity index (χ1v) is 6.06. The van der Waals surface area contributed by atoms with E-state index >= 15 is 0 Å². The average Bonchev–Trinajstić information content (AvgIpc) is 2.76. The molecule has 1 heterocycles. The first-order valence-electron chi connectivity index (χ1n) is 5.27. The monoisotopic (exact) mass is 289 g/mol. The minimum atomic E-state index is -0.250. The number of benzene rings is 2. The standard InChI is InChI=1S/C14H9BrFN/c15-12-6-5-11(9-13(12)16)17-8-7-10-3-1-2-4-14(10)17/h1-9H. The normalized spacial score (nSPS) is 10.9. The van der Waals surface area contributed by atoms with E-state index in [-0.39, 0.29) is 5.82 Å². The van der Waals surface area contributed by atoms with Crippen LogP contribution in [-0.4, -0.2) is 4.57 Å². The molecule has 0 saturated carbocycles. The molecule has 0 radical (unpaired) electrons. The number of rotatable bonds is 1. The first kappa shape index (κ1) is 10.5. The van der Waals surface area contributed by atoms with E-state index < -0.39 is 0 Å². The van der Waals surface area contributed by atoms with Crippen LogP contribution in [0.1, 0.15) is 0 Å². The van der Waals surface area contributed by atoms with Gasteiger partial charge in [0, 0.05) is 11.9 Å². The quantitative estimate of drug-likeness (QED) is 0.620. The van der Waals surface area contributed by atoms with E-state index in [0.717, 1.165) is 16.6 Å². The van der Waals surface area contributed by atoms with E-state index in [1.54, 1.807) is 6.07 Å². The molecule has 0 fully saturated rings. The summed E-state index contributed by atoms with van der Waals surface area (Å²) in [6.07, 6.45) is 1.95. The van der Waals surface area contributed by atoms with Crippen molar-refractivity contribution in [3.63, 3.8) is 0 Å². The van der Waals surface area contributed by atoms with Gasteiger partial charge in [0.25, 0.3) is 0 Å². The Kier molecular flexibility index (Phi) is 2.48. The predicted molar refractivity (Wildman–Crippen MR) is 70.9 cm³/mol. The van der Waals surface area contributed by atoms with E-state index in [1.807, 2.05) is 47.2 Å². The molecule has 3 rings (SSSR count). The van der Waals surface area contributed by atoms with Gasteiger partial charge < -0.3 is 4.57 Å². The zero-order valence-electron chi connectivity index (χ0n) is 8.90. The molecule has 17 heavy (non-hydrogen) atoms. The molecule has 1 nitrogen and oxygen atoms in total. The van der Waals surface area contributed by atoms with E-state index in [0.29, 0.717) is 4.47 Å². The van der Waals surface area contributed by atoms with Crippen LogP contribution in [0.15, 0.2) is 59.2 Å². The Labute approximate surface area is 107 Å². The zero-order valence-corrected chi connectivity index (χ0v) is 10.5. The Morgan fingerprint density at radius 2 is 1.82 bits per heavy atom. The minimum absolute atomic E-state index is 0.250. The lowest BCUT2D eigenvalue weighted by Gasteiger charge is -2.06. The van der Waals surface area contributed by atoms with Crippen molar-refractivity contribution >= 4 is 26.8 Å². The third-order valence-corrected chi connectivity index (χ3v) is 3.42. The van der Waals surface area contributed by atoms with E-state index in [4.69, 9.17) is 0 Å². The van der Waals surface area contributed by atoms with Gasteiger partial charge in [-0.1, -0.05) is 18.2 Å². The maximum Gasteiger partial charge on any atom is 0.139 e. The van der Waals surface area contributed by atoms with Gasteiger partial charge in [-0.3, -0.25) is 0 Å². The molecule has 3 heteroatoms. The van der Waals surface area contributed by atoms with E-state index in [9.17, 15) is 4.39 Å². The van der Waals surface area contributed by atoms with Gasteiger partial charge in [0.1, 0.15) is 5.82 Å². The van der Waals surface area contributed by atoms with Crippen LogP contribution < -0.4 is 0 Å². The molecule has 0 atom stereocenters. The minimum Gasteiger partial charge on any atom is -0.316 e. The third kappa shape index (κ3) is 1.76. The Balaban J connectivity index is 2.24. The second kappa shape index (κ2) is 4.00. The highest BCUT2D eigenvalue weighted by Crippen LogP contribution is 2.23. The number of halogens is 2. The van der Waals surface area contributed by atoms with Crippen LogP contribution in [0.2, 0.25) is 0 Å². The third-order valence-electron chi connectivity index (χ3n) is 2.78. The highest BCUT2D eigenvalue weighted by molar-refractivity contribution is 9.10. The lowest BCUT2D eigenvalue weighted by atomic mass is 10.2. The van der Waals surface area contributed by atoms with E-state index in [2.05, 4.69) is 15.9 Å². The van der Waals surface area contributed by atoms with Crippen LogP contribution in [0.25, 0.3) is 16.6 Å². The number of hydrogen-bond donors (Lipinski definition) is 0. The number of aromatic nitrogens is 1. The van der Waals surface area contributed by atoms with Crippen LogP contribution in [0.5, 0.6) is 0 Å². The van der Waals surface area contributed by atoms with Gasteiger partial charge in [0.15, 0.2) is 0 Å². The summed E-state index contributed by atoms with van der Waals surface area (Å²) in [4.78, 5) is 0. The summed E-state index contributed by atoms with van der Waals surface area (Å²) in [6.45, 7) is 0. The molecule has 0 bridgehead atoms. The van der Waals surface area contributed by atoms with Gasteiger partial charge in [-0.15, -0.1) is 0 Å². The van der Waals surface area contributed by atoms with Gasteiger partial charge in [-0.25, -0.2) is 4.39 Å². The highest BCUT2D eigenvalue weighted by Gasteiger charge is 2.05. The molecule has 84 valence electrons. The van der Waals surface area contributed by atoms with Crippen molar-refractivity contribution < 1.29 is 4.39 Å². The van der Waals surface area contributed by atoms with Gasteiger partial charge in [0.05, 0.1) is 9.99 Å². The van der Waals surface area contributed by atoms with Gasteiger partial charge in [0.2, 0.25) is 0 Å². The van der Waals surface area contributed by atoms with Crippen molar-refractivity contribution in [3.05, 3.63) is 65.0 Å². The molecule has 0 saturated heterocycles. The zero-order chi connectivity index (χ0) is 11.8. The summed E-state index contributed by atoms with van der Waals surface area (Å²) in [6, 6.07) is 15.2. The average molecular weight is 290 g/mol. The second-order valence-electron chi connectivity index (χ2n) is 3.84. The van der Waals surface area contributed by atoms with Gasteiger partial charge in [-0.05, 0) is 51.6 Å². The molecule has 2 aromatic carbocycles. The Bertz CT molecular complexity index is 688. The molecule has 0 spiro atoms. The molecule has 0 N–H and O–H groups in total. The molecule has 3 aromatic rings. The number of fused-ring (bicyclic) bond motifs is 1. The van der Waals surface area contributed by atoms with Crippen molar-refractivity contribution in [2.24, 2.45) is 0 Å². The summed E-state index contributed by atoms with van der Waals surface area (Å²) < 4.78 is 16.0. The molecule has 0 amide bonds. The molecule has 0 aliphatic rings. The maximum absolute atomic E-state index is 13.5. The summed E-state index contributed by atoms with van der Waals surface area (Å²) in [5.41, 5.74) is 1.90. The first-order chi connectivity index (χ1) is 8.25. The smallest absolute Gasteiger partial charge is 0.139 e. The Hall–Kier alpha value is -1.61. The lowest BCUT2D eigenvalue weighted by molar-refractivity contribution is 0.620. The molecule has 0 aliphatic heterocycles. The van der Waals surface area contributed by atoms with Crippen molar-refractivity contribution in [1.82, 2.24) is 4.57 Å². The van der Waals surface area contributed by atoms with Crippen LogP contribution in [0.3, 0.4) is 0 Å². The fourth-order valence-corrected chi connectivity index (χ4v) is 2.19. The molecule has 1 aromatic heterocycles. The van der Waals surface area contributed by atoms with Crippen molar-refractivity contribution in [2.45, 2.75) is 0 Å². The van der Waals surface area contributed by atoms with Crippen molar-refractivity contribution in [1.29, 1.82) is 0 Å². The van der Waals surface area contributed by atoms with Gasteiger partial charge in [-0.2, -0.15) is 0 Å². The summed E-state index contributed by atoms with van der Waals surface area (Å²) in [5, 5.41) is 1.15. The fraction of sp³-hybridized carbons (Fsp3) is 0. The van der Waals surface area contributed by atoms with Crippen LogP contribution >= 0.6 is 15.9 Å². The molecule has 0 unspecified atom stereocenters. The Morgan fingerprint density at radius 1 is 1.00 bits per heavy atom. The number of nitrogens with zero attached hydrogens (tertiary/aromatic N) is 1. The largest absolute Gasteiger partial charge is 0.316 e. The predicted octanol–water partition coefficient (Wildman–Crippen LogP) is 4.53. The van der Waals surface area contributed by atoms with Gasteiger partial charge >= 0.3 is 0 Å². The number of para-hydroxylation sites is 1. The van der Waals surface area contributed by atoms with Crippen molar-refractivity contribution in [2.75, 3.05) is 0 Å². The fourth-order valence-electron chi connectivity index (χ4n) is 1.94. The van der Waals surface area contributed by atoms with Crippen LogP contribution in [0.4, 0.5) is 4.39 Å². The van der Waals surface area contributed by atoms with Crippen LogP contribution in [-0.2, 0) is 0 Å². The van der Waals surface area contributed by atoms with E-state index in [1.165, 1.54) is 6.07 Å². The summed E-state index contributed by atoms with van der Waals surface area (Å²) in [5.74, 6) is -0.250. The summed E-state index contributed by atoms with van der Waals surface area (Å²) >= 11 is 3.16. The molecular weight excluding hydrogens is 281 g/mol. The van der Waals surface area contributed by atoms with Crippen molar-refractivity contribution in [3.8, 4) is 5.69 Å². The lowest BCUT2D eigenvalue weighted by Crippen LogP contribution is -1.92. The highest BCUT2D eigenvalue weighted by atomic mass is 79.9. The molecule has 0 aliphatic carbocycles. The second-order valence-corrected chi connectivity index (χ2v) is 4.70. The molecular formula is C14H9BrFN. The Morgan fingerprint density at radius 3 is 2.65 bits per heavy atom. The maximum atomic E-state index is 13.5. The van der Waals surface area contributed by atoms with Crippen LogP contribution in [0, 0.1) is 5.82 Å².